The molecule has 1 saturated heterocycles. The number of halogens is 3. The zero-order valence-corrected chi connectivity index (χ0v) is 47.6. The van der Waals surface area contributed by atoms with Gasteiger partial charge in [-0.2, -0.15) is 21.6 Å². The largest absolute Gasteiger partial charge is 0.416 e. The number of rotatable bonds is 16. The van der Waals surface area contributed by atoms with Crippen molar-refractivity contribution < 1.29 is 45.3 Å². The minimum atomic E-state index is -4.50. The van der Waals surface area contributed by atoms with Crippen molar-refractivity contribution in [3.05, 3.63) is 148 Å². The van der Waals surface area contributed by atoms with Crippen LogP contribution in [0.3, 0.4) is 0 Å². The highest BCUT2D eigenvalue weighted by atomic mass is 32.2. The normalized spacial score (nSPS) is 20.2. The van der Waals surface area contributed by atoms with E-state index < -0.39 is 32.7 Å². The molecule has 0 saturated carbocycles. The highest BCUT2D eigenvalue weighted by Gasteiger charge is 2.49. The Morgan fingerprint density at radius 2 is 1.61 bits per heavy atom. The van der Waals surface area contributed by atoms with E-state index in [0.717, 1.165) is 121 Å². The van der Waals surface area contributed by atoms with Crippen LogP contribution >= 0.6 is 0 Å². The van der Waals surface area contributed by atoms with Gasteiger partial charge in [-0.1, -0.05) is 83.9 Å². The Morgan fingerprint density at radius 3 is 2.38 bits per heavy atom. The second-order valence-electron chi connectivity index (χ2n) is 23.4. The van der Waals surface area contributed by atoms with E-state index in [4.69, 9.17) is 14.7 Å². The highest BCUT2D eigenvalue weighted by Crippen LogP contribution is 2.54. The molecular weight excluding hydrogens is 1070 g/mol. The minimum absolute atomic E-state index is 0.0702. The van der Waals surface area contributed by atoms with Crippen LogP contribution in [-0.2, 0) is 54.4 Å². The van der Waals surface area contributed by atoms with Crippen molar-refractivity contribution in [1.82, 2.24) is 15.6 Å². The molecule has 4 amide bonds. The molecule has 0 aliphatic carbocycles. The van der Waals surface area contributed by atoms with Crippen molar-refractivity contribution in [1.29, 1.82) is 0 Å². The van der Waals surface area contributed by atoms with Gasteiger partial charge in [0.1, 0.15) is 0 Å². The summed E-state index contributed by atoms with van der Waals surface area (Å²) in [4.78, 5) is 56.0. The number of nitrogens with zero attached hydrogens (tertiary/aromatic N) is 5. The third-order valence-corrected chi connectivity index (χ3v) is 17.9. The maximum Gasteiger partial charge on any atom is 0.416 e. The van der Waals surface area contributed by atoms with Crippen LogP contribution in [0.2, 0.25) is 0 Å². The van der Waals surface area contributed by atoms with Crippen LogP contribution in [0.25, 0.3) is 11.3 Å². The Morgan fingerprint density at radius 1 is 0.829 bits per heavy atom. The van der Waals surface area contributed by atoms with Crippen LogP contribution in [0.5, 0.6) is 0 Å². The number of carbonyl (C=O) groups is 3. The Hall–Kier alpha value is -7.35. The summed E-state index contributed by atoms with van der Waals surface area (Å²) in [6.07, 6.45) is 4.34. The van der Waals surface area contributed by atoms with Gasteiger partial charge in [-0.25, -0.2) is 9.78 Å². The van der Waals surface area contributed by atoms with Gasteiger partial charge in [0.25, 0.3) is 10.1 Å². The van der Waals surface area contributed by atoms with Crippen molar-refractivity contribution in [3.63, 3.8) is 0 Å². The first-order valence-corrected chi connectivity index (χ1v) is 29.9. The number of nitrogens with one attached hydrogen (secondary N) is 3. The third-order valence-electron chi connectivity index (χ3n) is 17.0. The van der Waals surface area contributed by atoms with Gasteiger partial charge in [-0.15, -0.1) is 0 Å². The summed E-state index contributed by atoms with van der Waals surface area (Å²) in [6, 6.07) is 26.1. The van der Waals surface area contributed by atoms with Crippen molar-refractivity contribution in [2.24, 2.45) is 4.99 Å². The number of pyridine rings is 1. The van der Waals surface area contributed by atoms with E-state index >= 15 is 0 Å². The third kappa shape index (κ3) is 11.1. The molecule has 2 bridgehead atoms. The van der Waals surface area contributed by atoms with Crippen LogP contribution in [-0.4, -0.2) is 85.9 Å². The lowest BCUT2D eigenvalue weighted by molar-refractivity contribution is -0.137. The number of alkyl halides is 3. The van der Waals surface area contributed by atoms with Gasteiger partial charge in [-0.3, -0.25) is 24.0 Å². The summed E-state index contributed by atoms with van der Waals surface area (Å²) in [5, 5.41) is 9.04. The maximum absolute atomic E-state index is 14.0. The molecule has 1 fully saturated rings. The molecule has 82 heavy (non-hydrogen) atoms. The Bertz CT molecular complexity index is 3580. The minimum Gasteiger partial charge on any atom is -0.366 e. The van der Waals surface area contributed by atoms with Gasteiger partial charge in [0.05, 0.1) is 57.9 Å². The zero-order chi connectivity index (χ0) is 57.9. The van der Waals surface area contributed by atoms with Gasteiger partial charge in [0, 0.05) is 83.8 Å². The second-order valence-corrected chi connectivity index (χ2v) is 24.9. The molecule has 4 aromatic carbocycles. The predicted octanol–water partition coefficient (Wildman–Crippen LogP) is 11.9. The summed E-state index contributed by atoms with van der Waals surface area (Å²) < 4.78 is 81.8. The molecule has 19 heteroatoms. The van der Waals surface area contributed by atoms with E-state index in [9.17, 15) is 40.5 Å². The van der Waals surface area contributed by atoms with Crippen molar-refractivity contribution in [3.8, 4) is 11.3 Å². The number of aromatic nitrogens is 1. The molecule has 6 aliphatic rings. The van der Waals surface area contributed by atoms with E-state index in [-0.39, 0.29) is 47.4 Å². The van der Waals surface area contributed by atoms with Gasteiger partial charge in [-0.05, 0) is 128 Å². The first kappa shape index (κ1) is 56.5. The topological polar surface area (TPSA) is 186 Å². The summed E-state index contributed by atoms with van der Waals surface area (Å²) >= 11 is 0. The molecule has 6 aliphatic heterocycles. The average molecular weight is 1140 g/mol. The van der Waals surface area contributed by atoms with Crippen molar-refractivity contribution in [2.75, 3.05) is 46.2 Å². The first-order valence-electron chi connectivity index (χ1n) is 28.5. The summed E-state index contributed by atoms with van der Waals surface area (Å²) in [6.45, 7) is 13.7. The lowest BCUT2D eigenvalue weighted by atomic mass is 9.74. The number of unbranched alkanes of at least 4 members (excludes halogenated alkanes) is 2. The number of aliphatic imine (C=N–C) groups is 1. The highest BCUT2D eigenvalue weighted by molar-refractivity contribution is 7.85. The quantitative estimate of drug-likeness (QED) is 0.0547. The van der Waals surface area contributed by atoms with E-state index in [2.05, 4.69) is 64.7 Å². The molecule has 15 nitrogen and oxygen atoms in total. The number of fused-ring (bicyclic) bond motifs is 9. The van der Waals surface area contributed by atoms with E-state index in [1.54, 1.807) is 35.2 Å². The van der Waals surface area contributed by atoms with Gasteiger partial charge >= 0.3 is 12.2 Å². The van der Waals surface area contributed by atoms with Crippen LogP contribution in [0.4, 0.5) is 46.5 Å². The number of hydrogen-bond acceptors (Lipinski definition) is 10. The number of piperidine rings is 1. The predicted molar refractivity (Wildman–Crippen MR) is 311 cm³/mol. The molecule has 430 valence electrons. The van der Waals surface area contributed by atoms with Crippen LogP contribution < -0.4 is 30.7 Å². The number of benzene rings is 4. The molecule has 3 atom stereocenters. The van der Waals surface area contributed by atoms with E-state index in [1.165, 1.54) is 23.9 Å². The Balaban J connectivity index is 0.649. The fourth-order valence-electron chi connectivity index (χ4n) is 12.9. The van der Waals surface area contributed by atoms with Crippen molar-refractivity contribution >= 4 is 62.2 Å². The summed E-state index contributed by atoms with van der Waals surface area (Å²) in [5.74, 6) is 0.249. The summed E-state index contributed by atoms with van der Waals surface area (Å²) in [7, 11) is -4.40. The fraction of sp³-hybridized carbons (Fsp3) is 0.413. The molecule has 7 heterocycles. The number of carbonyl (C=O) groups excluding carboxylic acids is 3. The number of allylic oxidation sites excluding steroid dienone is 1. The molecule has 4 N–H and O–H groups in total. The average Bonchev–Trinajstić information content (AvgIpc) is 3.96. The molecule has 2 unspecified atom stereocenters. The van der Waals surface area contributed by atoms with Crippen LogP contribution in [0, 0.1) is 0 Å². The van der Waals surface area contributed by atoms with Gasteiger partial charge in [0.2, 0.25) is 11.8 Å². The monoisotopic (exact) mass is 1140 g/mol. The molecule has 5 aromatic rings. The SMILES string of the molecule is CCCC1OC2CCN3C(=C2C=C1C1=Nc2ccc(S(=O)(=O)O)cc2C1(C)C)C(C)(C)c1cc(CC(=O)NCCCCCC(=O)NCc2ccc(NC(=O)N4c5nc(-c6cccc(C(F)(F)F)c6)ccc5N5CCC[C@H]4C5)cc2)ccc13. The molecule has 1 aromatic heterocycles. The number of hydrogen-bond donors (Lipinski definition) is 4. The Labute approximate surface area is 476 Å². The molecule has 11 rings (SSSR count). The lowest BCUT2D eigenvalue weighted by Gasteiger charge is -2.45. The standard InChI is InChI=1S/C63H69F3N8O7S/c1-6-12-53-45(57-61(2,3)47-34-44(82(78,79)80)22-23-50(47)70-57)35-46-54(81-53)27-30-73-51-25-19-39(31-48(51)62(4,5)58(46)73)32-56(76)67-28-9-7-8-16-55(75)68-36-38-17-20-42(21-18-38)69-60(77)74-43-15-11-29-72(37-43)52-26-24-49(71-59(52)74)40-13-10-14-41(33-40)63(64,65)66/h10,13-14,17-26,31,33-35,43,53-54H,6-9,11-12,15-16,27-30,32,36-37H2,1-5H3,(H,67,76)(H,68,75)(H,69,77)(H,78,79,80)/t43-,53?,54?/m0/s1. The number of urea groups is 1. The second kappa shape index (κ2) is 22.1. The maximum atomic E-state index is 14.0. The summed E-state index contributed by atoms with van der Waals surface area (Å²) in [5.41, 5.74) is 9.65. The zero-order valence-electron chi connectivity index (χ0n) is 46.8. The van der Waals surface area contributed by atoms with Crippen LogP contribution in [0.1, 0.15) is 120 Å². The van der Waals surface area contributed by atoms with Crippen molar-refractivity contribution in [2.45, 2.75) is 146 Å². The number of ether oxygens (including phenoxy) is 1. The number of anilines is 4. The van der Waals surface area contributed by atoms with Gasteiger partial charge < -0.3 is 30.5 Å². The van der Waals surface area contributed by atoms with E-state index in [1.807, 2.05) is 38.1 Å². The fourth-order valence-corrected chi connectivity index (χ4v) is 13.4. The molecular formula is C63H69F3N8O7S. The van der Waals surface area contributed by atoms with E-state index in [0.29, 0.717) is 60.9 Å². The number of amides is 4. The van der Waals surface area contributed by atoms with Crippen LogP contribution in [0.15, 0.2) is 130 Å². The smallest absolute Gasteiger partial charge is 0.366 e. The molecule has 0 radical (unpaired) electrons. The Kier molecular flexibility index (Phi) is 15.2. The van der Waals surface area contributed by atoms with Gasteiger partial charge in [0.15, 0.2) is 5.82 Å². The molecule has 0 spiro atoms. The first-order chi connectivity index (χ1) is 39.1. The lowest BCUT2D eigenvalue weighted by Crippen LogP contribution is -2.56.